The van der Waals surface area contributed by atoms with Gasteiger partial charge in [-0.05, 0) is 31.7 Å². The van der Waals surface area contributed by atoms with Crippen LogP contribution in [0.3, 0.4) is 0 Å². The first-order chi connectivity index (χ1) is 13.6. The highest BCUT2D eigenvalue weighted by Gasteiger charge is 2.39. The smallest absolute Gasteiger partial charge is 0.226 e. The van der Waals surface area contributed by atoms with E-state index < -0.39 is 0 Å². The van der Waals surface area contributed by atoms with E-state index in [1.807, 2.05) is 12.3 Å². The quantitative estimate of drug-likeness (QED) is 0.601. The number of amides is 1. The highest BCUT2D eigenvalue weighted by atomic mass is 32.1. The Morgan fingerprint density at radius 1 is 1.11 bits per heavy atom. The summed E-state index contributed by atoms with van der Waals surface area (Å²) in [6, 6.07) is 8.51. The maximum Gasteiger partial charge on any atom is 0.226 e. The van der Waals surface area contributed by atoms with Crippen LogP contribution >= 0.6 is 22.7 Å². The second-order valence-corrected chi connectivity index (χ2v) is 9.22. The summed E-state index contributed by atoms with van der Waals surface area (Å²) in [6.45, 7) is 4.16. The standard InChI is InChI=1S/C22H25N3OS2/c1-3-16-6-8-17(9-7-16)20-24-18(14-27-20)12-19(26)25-22(10-4-5-11-22)21-23-15(2)13-28-21/h6-9,13-14H,3-5,10-12H2,1-2H3,(H,25,26). The first-order valence-corrected chi connectivity index (χ1v) is 11.6. The normalized spacial score (nSPS) is 15.6. The van der Waals surface area contributed by atoms with Crippen molar-refractivity contribution in [3.8, 4) is 10.6 Å². The molecule has 1 aliphatic carbocycles. The number of aryl methyl sites for hydroxylation is 2. The first kappa shape index (κ1) is 19.3. The lowest BCUT2D eigenvalue weighted by Crippen LogP contribution is -2.44. The lowest BCUT2D eigenvalue weighted by Gasteiger charge is -2.28. The molecule has 1 fully saturated rings. The van der Waals surface area contributed by atoms with Gasteiger partial charge in [-0.25, -0.2) is 9.97 Å². The molecule has 1 N–H and O–H groups in total. The molecule has 3 aromatic rings. The lowest BCUT2D eigenvalue weighted by atomic mass is 9.98. The van der Waals surface area contributed by atoms with Crippen LogP contribution in [-0.4, -0.2) is 15.9 Å². The van der Waals surface area contributed by atoms with Crippen LogP contribution in [0.25, 0.3) is 10.6 Å². The third-order valence-corrected chi connectivity index (χ3v) is 7.47. The Morgan fingerprint density at radius 3 is 2.50 bits per heavy atom. The van der Waals surface area contributed by atoms with Gasteiger partial charge in [-0.1, -0.05) is 44.0 Å². The molecule has 4 nitrogen and oxygen atoms in total. The minimum atomic E-state index is -0.287. The monoisotopic (exact) mass is 411 g/mol. The van der Waals surface area contributed by atoms with Crippen molar-refractivity contribution in [2.45, 2.75) is 57.9 Å². The van der Waals surface area contributed by atoms with Crippen LogP contribution in [0.4, 0.5) is 0 Å². The number of aromatic nitrogens is 2. The number of carbonyl (C=O) groups excluding carboxylic acids is 1. The molecule has 4 rings (SSSR count). The molecule has 0 bridgehead atoms. The predicted octanol–water partition coefficient (Wildman–Crippen LogP) is 5.27. The fraction of sp³-hybridized carbons (Fsp3) is 0.409. The van der Waals surface area contributed by atoms with Gasteiger partial charge in [0.25, 0.3) is 0 Å². The topological polar surface area (TPSA) is 54.9 Å². The fourth-order valence-corrected chi connectivity index (χ4v) is 5.66. The summed E-state index contributed by atoms with van der Waals surface area (Å²) in [6.07, 6.45) is 5.55. The molecule has 1 saturated carbocycles. The van der Waals surface area contributed by atoms with Crippen molar-refractivity contribution >= 4 is 28.6 Å². The highest BCUT2D eigenvalue weighted by Crippen LogP contribution is 2.40. The zero-order valence-corrected chi connectivity index (χ0v) is 18.0. The molecule has 0 atom stereocenters. The second-order valence-electron chi connectivity index (χ2n) is 7.50. The van der Waals surface area contributed by atoms with Gasteiger partial charge in [-0.15, -0.1) is 22.7 Å². The Kier molecular flexibility index (Phi) is 5.60. The van der Waals surface area contributed by atoms with Crippen LogP contribution in [0.5, 0.6) is 0 Å². The minimum absolute atomic E-state index is 0.0351. The molecule has 1 aliphatic rings. The molecule has 1 aromatic carbocycles. The molecule has 2 heterocycles. The van der Waals surface area contributed by atoms with Crippen LogP contribution in [0.15, 0.2) is 35.0 Å². The summed E-state index contributed by atoms with van der Waals surface area (Å²) in [5.41, 5.74) is 4.00. The predicted molar refractivity (Wildman–Crippen MR) is 116 cm³/mol. The summed E-state index contributed by atoms with van der Waals surface area (Å²) in [5, 5.41) is 9.39. The number of benzene rings is 1. The molecule has 146 valence electrons. The van der Waals surface area contributed by atoms with Crippen molar-refractivity contribution in [1.82, 2.24) is 15.3 Å². The molecule has 0 spiro atoms. The van der Waals surface area contributed by atoms with Gasteiger partial charge in [0, 0.05) is 22.0 Å². The number of thiazole rings is 2. The summed E-state index contributed by atoms with van der Waals surface area (Å²) in [4.78, 5) is 22.2. The summed E-state index contributed by atoms with van der Waals surface area (Å²) >= 11 is 3.26. The summed E-state index contributed by atoms with van der Waals surface area (Å²) < 4.78 is 0. The Hall–Kier alpha value is -2.05. The molecule has 28 heavy (non-hydrogen) atoms. The van der Waals surface area contributed by atoms with Gasteiger partial charge >= 0.3 is 0 Å². The van der Waals surface area contributed by atoms with Crippen LogP contribution in [0.2, 0.25) is 0 Å². The molecule has 0 aliphatic heterocycles. The van der Waals surface area contributed by atoms with Crippen LogP contribution < -0.4 is 5.32 Å². The highest BCUT2D eigenvalue weighted by molar-refractivity contribution is 7.13. The SMILES string of the molecule is CCc1ccc(-c2nc(CC(=O)NC3(c4nc(C)cs4)CCCC3)cs2)cc1. The summed E-state index contributed by atoms with van der Waals surface area (Å²) in [7, 11) is 0. The lowest BCUT2D eigenvalue weighted by molar-refractivity contribution is -0.122. The second kappa shape index (κ2) is 8.13. The van der Waals surface area contributed by atoms with E-state index in [2.05, 4.69) is 46.9 Å². The Labute approximate surface area is 174 Å². The molecule has 6 heteroatoms. The van der Waals surface area contributed by atoms with E-state index in [4.69, 9.17) is 4.98 Å². The van der Waals surface area contributed by atoms with E-state index in [0.29, 0.717) is 6.42 Å². The van der Waals surface area contributed by atoms with E-state index in [9.17, 15) is 4.79 Å². The number of nitrogens with one attached hydrogen (secondary N) is 1. The Bertz CT molecular complexity index is 952. The van der Waals surface area contributed by atoms with E-state index in [0.717, 1.165) is 59.1 Å². The van der Waals surface area contributed by atoms with Crippen molar-refractivity contribution in [1.29, 1.82) is 0 Å². The zero-order valence-electron chi connectivity index (χ0n) is 16.3. The van der Waals surface area contributed by atoms with Crippen LogP contribution in [0, 0.1) is 6.92 Å². The first-order valence-electron chi connectivity index (χ1n) is 9.85. The van der Waals surface area contributed by atoms with Gasteiger partial charge in [0.2, 0.25) is 5.91 Å². The largest absolute Gasteiger partial charge is 0.344 e. The molecule has 1 amide bonds. The van der Waals surface area contributed by atoms with Gasteiger partial charge in [0.15, 0.2) is 0 Å². The minimum Gasteiger partial charge on any atom is -0.344 e. The van der Waals surface area contributed by atoms with Gasteiger partial charge in [0.05, 0.1) is 17.7 Å². The van der Waals surface area contributed by atoms with Crippen molar-refractivity contribution < 1.29 is 4.79 Å². The van der Waals surface area contributed by atoms with E-state index >= 15 is 0 Å². The number of carbonyl (C=O) groups is 1. The van der Waals surface area contributed by atoms with Gasteiger partial charge in [-0.2, -0.15) is 0 Å². The molecule has 0 saturated heterocycles. The number of rotatable bonds is 6. The Morgan fingerprint density at radius 2 is 1.86 bits per heavy atom. The van der Waals surface area contributed by atoms with Crippen LogP contribution in [-0.2, 0) is 23.2 Å². The van der Waals surface area contributed by atoms with Gasteiger partial charge in [0.1, 0.15) is 10.0 Å². The van der Waals surface area contributed by atoms with Crippen molar-refractivity contribution in [2.75, 3.05) is 0 Å². The van der Waals surface area contributed by atoms with E-state index in [-0.39, 0.29) is 11.4 Å². The molecule has 0 unspecified atom stereocenters. The van der Waals surface area contributed by atoms with Crippen molar-refractivity contribution in [3.05, 3.63) is 57.0 Å². The molecule has 2 aromatic heterocycles. The maximum atomic E-state index is 12.8. The average molecular weight is 412 g/mol. The third-order valence-electron chi connectivity index (χ3n) is 5.37. The number of nitrogens with zero attached hydrogens (tertiary/aromatic N) is 2. The maximum absolute atomic E-state index is 12.8. The third kappa shape index (κ3) is 4.03. The van der Waals surface area contributed by atoms with Crippen LogP contribution in [0.1, 0.15) is 54.6 Å². The summed E-state index contributed by atoms with van der Waals surface area (Å²) in [5.74, 6) is 0.0351. The van der Waals surface area contributed by atoms with Crippen molar-refractivity contribution in [2.24, 2.45) is 0 Å². The molecular formula is C22H25N3OS2. The average Bonchev–Trinajstić information content (AvgIpc) is 3.44. The van der Waals surface area contributed by atoms with E-state index in [1.54, 1.807) is 22.7 Å². The van der Waals surface area contributed by atoms with Crippen molar-refractivity contribution in [3.63, 3.8) is 0 Å². The van der Waals surface area contributed by atoms with Gasteiger partial charge < -0.3 is 5.32 Å². The van der Waals surface area contributed by atoms with E-state index in [1.165, 1.54) is 5.56 Å². The molecule has 0 radical (unpaired) electrons. The molecular weight excluding hydrogens is 386 g/mol. The Balaban J connectivity index is 1.45. The number of hydrogen-bond acceptors (Lipinski definition) is 5. The number of hydrogen-bond donors (Lipinski definition) is 1. The zero-order chi connectivity index (χ0) is 19.6. The fourth-order valence-electron chi connectivity index (χ4n) is 3.82. The van der Waals surface area contributed by atoms with Gasteiger partial charge in [-0.3, -0.25) is 4.79 Å².